The second-order valence-corrected chi connectivity index (χ2v) is 7.62. The van der Waals surface area contributed by atoms with Gasteiger partial charge in [-0.25, -0.2) is 0 Å². The average molecular weight is 378 g/mol. The molecule has 0 unspecified atom stereocenters. The number of hydrogen-bond acceptors (Lipinski definition) is 4. The average Bonchev–Trinajstić information content (AvgIpc) is 2.90. The van der Waals surface area contributed by atoms with Crippen molar-refractivity contribution < 1.29 is 9.59 Å². The summed E-state index contributed by atoms with van der Waals surface area (Å²) in [6.45, 7) is 2.30. The lowest BCUT2D eigenvalue weighted by Crippen LogP contribution is -2.27. The molecule has 138 valence electrons. The Balaban J connectivity index is 1.68. The van der Waals surface area contributed by atoms with Crippen LogP contribution < -0.4 is 4.90 Å². The molecule has 1 aliphatic heterocycles. The molecule has 0 saturated carbocycles. The first-order valence-corrected chi connectivity index (χ1v) is 9.50. The minimum absolute atomic E-state index is 0.225. The summed E-state index contributed by atoms with van der Waals surface area (Å²) < 4.78 is 0. The van der Waals surface area contributed by atoms with Crippen LogP contribution in [0.2, 0.25) is 0 Å². The largest absolute Gasteiger partial charge is 0.378 e. The Hall–Kier alpha value is -2.79. The highest BCUT2D eigenvalue weighted by molar-refractivity contribution is 8.18. The van der Waals surface area contributed by atoms with Crippen molar-refractivity contribution in [1.82, 2.24) is 4.90 Å². The molecule has 2 aromatic carbocycles. The molecular formula is C22H22N2O2S. The lowest BCUT2D eigenvalue weighted by molar-refractivity contribution is -0.123. The number of allylic oxidation sites excluding steroid dienone is 2. The molecule has 0 N–H and O–H groups in total. The number of imide groups is 1. The summed E-state index contributed by atoms with van der Waals surface area (Å²) in [6, 6.07) is 16.0. The molecule has 0 aliphatic carbocycles. The molecule has 1 heterocycles. The van der Waals surface area contributed by atoms with E-state index in [4.69, 9.17) is 0 Å². The molecule has 4 nitrogen and oxygen atoms in total. The Morgan fingerprint density at radius 1 is 1.07 bits per heavy atom. The highest BCUT2D eigenvalue weighted by atomic mass is 32.2. The number of benzene rings is 2. The number of amides is 2. The fraction of sp³-hybridized carbons (Fsp3) is 0.182. The zero-order chi connectivity index (χ0) is 19.4. The molecule has 1 aliphatic rings. The monoisotopic (exact) mass is 378 g/mol. The molecule has 0 atom stereocenters. The summed E-state index contributed by atoms with van der Waals surface area (Å²) >= 11 is 0.987. The summed E-state index contributed by atoms with van der Waals surface area (Å²) in [7, 11) is 4.00. The summed E-state index contributed by atoms with van der Waals surface area (Å²) in [6.07, 6.45) is 5.45. The van der Waals surface area contributed by atoms with Crippen LogP contribution in [0.1, 0.15) is 16.7 Å². The molecule has 2 amide bonds. The zero-order valence-electron chi connectivity index (χ0n) is 15.7. The van der Waals surface area contributed by atoms with Crippen LogP contribution in [0, 0.1) is 6.92 Å². The van der Waals surface area contributed by atoms with Gasteiger partial charge in [0.25, 0.3) is 11.1 Å². The van der Waals surface area contributed by atoms with Gasteiger partial charge in [0.1, 0.15) is 0 Å². The van der Waals surface area contributed by atoms with Crippen LogP contribution in [0.4, 0.5) is 10.5 Å². The predicted octanol–water partition coefficient (Wildman–Crippen LogP) is 4.85. The maximum Gasteiger partial charge on any atom is 0.293 e. The first kappa shape index (κ1) is 19.0. The van der Waals surface area contributed by atoms with Crippen LogP contribution in [0.3, 0.4) is 0 Å². The van der Waals surface area contributed by atoms with E-state index in [0.717, 1.165) is 34.1 Å². The minimum atomic E-state index is -0.237. The molecule has 2 aromatic rings. The highest BCUT2D eigenvalue weighted by Crippen LogP contribution is 2.32. The second-order valence-electron chi connectivity index (χ2n) is 6.62. The first-order valence-electron chi connectivity index (χ1n) is 8.69. The van der Waals surface area contributed by atoms with Crippen molar-refractivity contribution in [2.45, 2.75) is 13.5 Å². The van der Waals surface area contributed by atoms with E-state index >= 15 is 0 Å². The van der Waals surface area contributed by atoms with Crippen molar-refractivity contribution >= 4 is 34.7 Å². The molecule has 0 radical (unpaired) electrons. The normalized spacial score (nSPS) is 16.0. The first-order chi connectivity index (χ1) is 12.9. The number of aryl methyl sites for hydroxylation is 1. The Bertz CT molecular complexity index is 914. The topological polar surface area (TPSA) is 40.6 Å². The third-order valence-corrected chi connectivity index (χ3v) is 5.17. The fourth-order valence-corrected chi connectivity index (χ4v) is 3.56. The molecule has 1 fully saturated rings. The van der Waals surface area contributed by atoms with Crippen LogP contribution in [-0.4, -0.2) is 30.1 Å². The number of rotatable bonds is 5. The maximum atomic E-state index is 12.5. The molecule has 0 bridgehead atoms. The Morgan fingerprint density at radius 2 is 1.81 bits per heavy atom. The van der Waals surface area contributed by atoms with Gasteiger partial charge < -0.3 is 4.90 Å². The second kappa shape index (κ2) is 8.27. The van der Waals surface area contributed by atoms with Gasteiger partial charge in [-0.05, 0) is 48.0 Å². The molecule has 5 heteroatoms. The number of carbonyl (C=O) groups excluding carboxylic acids is 2. The molecular weight excluding hydrogens is 356 g/mol. The van der Waals surface area contributed by atoms with Crippen molar-refractivity contribution in [3.63, 3.8) is 0 Å². The third kappa shape index (κ3) is 4.68. The number of anilines is 1. The molecule has 1 saturated heterocycles. The van der Waals surface area contributed by atoms with Gasteiger partial charge in [0, 0.05) is 19.8 Å². The van der Waals surface area contributed by atoms with Gasteiger partial charge in [-0.3, -0.25) is 14.5 Å². The van der Waals surface area contributed by atoms with E-state index in [9.17, 15) is 9.59 Å². The van der Waals surface area contributed by atoms with Crippen molar-refractivity contribution in [2.75, 3.05) is 19.0 Å². The smallest absolute Gasteiger partial charge is 0.293 e. The lowest BCUT2D eigenvalue weighted by atomic mass is 10.1. The van der Waals surface area contributed by atoms with Crippen LogP contribution in [0.5, 0.6) is 0 Å². The van der Waals surface area contributed by atoms with Gasteiger partial charge in [0.2, 0.25) is 0 Å². The summed E-state index contributed by atoms with van der Waals surface area (Å²) in [5.41, 5.74) is 4.23. The van der Waals surface area contributed by atoms with Crippen molar-refractivity contribution in [3.8, 4) is 0 Å². The number of nitrogens with zero attached hydrogens (tertiary/aromatic N) is 2. The zero-order valence-corrected chi connectivity index (χ0v) is 16.5. The van der Waals surface area contributed by atoms with E-state index in [2.05, 4.69) is 0 Å². The minimum Gasteiger partial charge on any atom is -0.378 e. The van der Waals surface area contributed by atoms with Crippen molar-refractivity contribution in [2.24, 2.45) is 0 Å². The van der Waals surface area contributed by atoms with Crippen LogP contribution in [0.15, 0.2) is 65.6 Å². The SMILES string of the molecule is Cc1cccc(CN2C(=O)S/C(=C\C=C\c3ccc(N(C)C)cc3)C2=O)c1. The Kier molecular flexibility index (Phi) is 5.81. The molecule has 27 heavy (non-hydrogen) atoms. The molecule has 0 spiro atoms. The summed E-state index contributed by atoms with van der Waals surface area (Å²) in [4.78, 5) is 28.5. The third-order valence-electron chi connectivity index (χ3n) is 4.24. The van der Waals surface area contributed by atoms with Gasteiger partial charge in [-0.1, -0.05) is 54.1 Å². The van der Waals surface area contributed by atoms with Crippen molar-refractivity contribution in [3.05, 3.63) is 82.3 Å². The molecule has 3 rings (SSSR count). The van der Waals surface area contributed by atoms with E-state index in [1.807, 2.05) is 86.6 Å². The summed E-state index contributed by atoms with van der Waals surface area (Å²) in [5.74, 6) is -0.237. The number of thioether (sulfide) groups is 1. The Labute approximate surface area is 164 Å². The molecule has 0 aromatic heterocycles. The Morgan fingerprint density at radius 3 is 2.48 bits per heavy atom. The van der Waals surface area contributed by atoms with E-state index < -0.39 is 0 Å². The van der Waals surface area contributed by atoms with Crippen LogP contribution in [-0.2, 0) is 11.3 Å². The highest BCUT2D eigenvalue weighted by Gasteiger charge is 2.34. The van der Waals surface area contributed by atoms with Gasteiger partial charge in [0.05, 0.1) is 11.4 Å². The van der Waals surface area contributed by atoms with Gasteiger partial charge in [-0.2, -0.15) is 0 Å². The maximum absolute atomic E-state index is 12.5. The quantitative estimate of drug-likeness (QED) is 0.697. The lowest BCUT2D eigenvalue weighted by Gasteiger charge is -2.12. The van der Waals surface area contributed by atoms with Crippen molar-refractivity contribution in [1.29, 1.82) is 0 Å². The van der Waals surface area contributed by atoms with E-state index in [1.54, 1.807) is 6.08 Å². The van der Waals surface area contributed by atoms with E-state index in [-0.39, 0.29) is 11.1 Å². The fourth-order valence-electron chi connectivity index (χ4n) is 2.77. The van der Waals surface area contributed by atoms with Crippen LogP contribution in [0.25, 0.3) is 6.08 Å². The number of hydrogen-bond donors (Lipinski definition) is 0. The standard InChI is InChI=1S/C22H22N2O2S/c1-16-6-4-8-18(14-16)15-24-21(25)20(27-22(24)26)9-5-7-17-10-12-19(13-11-17)23(2)3/h4-14H,15H2,1-3H3/b7-5+,20-9-. The summed E-state index contributed by atoms with van der Waals surface area (Å²) in [5, 5.41) is -0.225. The van der Waals surface area contributed by atoms with Gasteiger partial charge in [0.15, 0.2) is 0 Å². The van der Waals surface area contributed by atoms with Gasteiger partial charge in [-0.15, -0.1) is 0 Å². The van der Waals surface area contributed by atoms with E-state index in [0.29, 0.717) is 11.4 Å². The number of carbonyl (C=O) groups is 2. The van der Waals surface area contributed by atoms with E-state index in [1.165, 1.54) is 4.90 Å². The van der Waals surface area contributed by atoms with Gasteiger partial charge >= 0.3 is 0 Å². The van der Waals surface area contributed by atoms with Crippen LogP contribution >= 0.6 is 11.8 Å². The predicted molar refractivity (Wildman–Crippen MR) is 113 cm³/mol.